The van der Waals surface area contributed by atoms with E-state index in [-0.39, 0.29) is 17.9 Å². The number of anilines is 1. The van der Waals surface area contributed by atoms with Crippen molar-refractivity contribution < 1.29 is 4.79 Å². The monoisotopic (exact) mass is 346 g/mol. The zero-order valence-electron chi connectivity index (χ0n) is 15.5. The molecule has 0 aromatic heterocycles. The van der Waals surface area contributed by atoms with Crippen LogP contribution < -0.4 is 10.2 Å². The summed E-state index contributed by atoms with van der Waals surface area (Å²) in [5, 5.41) is 3.29. The second kappa shape index (κ2) is 6.99. The van der Waals surface area contributed by atoms with Gasteiger partial charge in [-0.3, -0.25) is 4.79 Å². The molecule has 3 nitrogen and oxygen atoms in total. The Labute approximate surface area is 155 Å². The third-order valence-corrected chi connectivity index (χ3v) is 5.62. The molecule has 1 amide bonds. The highest BCUT2D eigenvalue weighted by Crippen LogP contribution is 2.46. The molecule has 2 aliphatic rings. The molecule has 2 aromatic rings. The largest absolute Gasteiger partial charge is 0.371 e. The summed E-state index contributed by atoms with van der Waals surface area (Å²) in [4.78, 5) is 15.1. The van der Waals surface area contributed by atoms with Crippen LogP contribution in [0.4, 0.5) is 5.69 Å². The molecule has 1 aliphatic carbocycles. The third-order valence-electron chi connectivity index (χ3n) is 5.62. The van der Waals surface area contributed by atoms with Gasteiger partial charge in [0.05, 0.1) is 5.92 Å². The number of benzene rings is 2. The minimum Gasteiger partial charge on any atom is -0.371 e. The van der Waals surface area contributed by atoms with E-state index in [1.54, 1.807) is 0 Å². The number of rotatable bonds is 4. The Morgan fingerprint density at radius 2 is 1.73 bits per heavy atom. The lowest BCUT2D eigenvalue weighted by atomic mass is 10.0. The molecule has 1 aliphatic heterocycles. The number of nitrogens with zero attached hydrogens (tertiary/aromatic N) is 1. The molecule has 1 atom stereocenters. The van der Waals surface area contributed by atoms with Crippen LogP contribution in [0.1, 0.15) is 30.9 Å². The van der Waals surface area contributed by atoms with Gasteiger partial charge in [-0.15, -0.1) is 0 Å². The fraction of sp³-hybridized carbons (Fsp3) is 0.348. The minimum atomic E-state index is -0.0211. The fourth-order valence-corrected chi connectivity index (χ4v) is 4.06. The summed E-state index contributed by atoms with van der Waals surface area (Å²) in [6.45, 7) is 6.20. The number of carbonyl (C=O) groups is 1. The van der Waals surface area contributed by atoms with E-state index >= 15 is 0 Å². The molecule has 26 heavy (non-hydrogen) atoms. The lowest BCUT2D eigenvalue weighted by Gasteiger charge is -2.34. The van der Waals surface area contributed by atoms with E-state index in [2.05, 4.69) is 60.5 Å². The molecule has 2 aromatic carbocycles. The van der Waals surface area contributed by atoms with Gasteiger partial charge in [0.2, 0.25) is 5.91 Å². The van der Waals surface area contributed by atoms with E-state index in [0.29, 0.717) is 0 Å². The van der Waals surface area contributed by atoms with Crippen molar-refractivity contribution in [2.45, 2.75) is 32.7 Å². The van der Waals surface area contributed by atoms with Crippen molar-refractivity contribution in [3.63, 3.8) is 0 Å². The molecular formula is C23H26N2O. The van der Waals surface area contributed by atoms with E-state index in [1.807, 2.05) is 18.2 Å². The smallest absolute Gasteiger partial charge is 0.231 e. The molecule has 0 unspecified atom stereocenters. The van der Waals surface area contributed by atoms with Gasteiger partial charge in [-0.1, -0.05) is 48.0 Å². The zero-order chi connectivity index (χ0) is 18.1. The summed E-state index contributed by atoms with van der Waals surface area (Å²) in [5.74, 6) is 0.155. The van der Waals surface area contributed by atoms with Crippen molar-refractivity contribution in [3.05, 3.63) is 71.3 Å². The molecule has 4 rings (SSSR count). The second-order valence-electron chi connectivity index (χ2n) is 7.50. The number of hydrogen-bond acceptors (Lipinski definition) is 2. The van der Waals surface area contributed by atoms with Crippen LogP contribution in [-0.2, 0) is 4.79 Å². The molecule has 3 heteroatoms. The first-order valence-corrected chi connectivity index (χ1v) is 9.51. The van der Waals surface area contributed by atoms with Crippen molar-refractivity contribution in [1.82, 2.24) is 5.32 Å². The Morgan fingerprint density at radius 1 is 1.00 bits per heavy atom. The zero-order valence-corrected chi connectivity index (χ0v) is 15.5. The first-order chi connectivity index (χ1) is 12.6. The molecular weight excluding hydrogens is 320 g/mol. The number of aryl methyl sites for hydroxylation is 1. The Morgan fingerprint density at radius 3 is 2.42 bits per heavy atom. The lowest BCUT2D eigenvalue weighted by Crippen LogP contribution is -2.45. The molecule has 1 N–H and O–H groups in total. The lowest BCUT2D eigenvalue weighted by molar-refractivity contribution is -0.122. The van der Waals surface area contributed by atoms with Crippen LogP contribution in [0, 0.1) is 12.8 Å². The van der Waals surface area contributed by atoms with Crippen LogP contribution in [0.3, 0.4) is 0 Å². The fourth-order valence-electron chi connectivity index (χ4n) is 4.06. The van der Waals surface area contributed by atoms with Crippen LogP contribution in [-0.4, -0.2) is 25.0 Å². The number of nitrogens with one attached hydrogen (secondary N) is 1. The predicted molar refractivity (Wildman–Crippen MR) is 107 cm³/mol. The van der Waals surface area contributed by atoms with Crippen LogP contribution >= 0.6 is 0 Å². The van der Waals surface area contributed by atoms with Crippen molar-refractivity contribution in [3.8, 4) is 0 Å². The van der Waals surface area contributed by atoms with Crippen molar-refractivity contribution in [2.24, 2.45) is 5.92 Å². The van der Waals surface area contributed by atoms with Crippen molar-refractivity contribution in [2.75, 3.05) is 18.0 Å². The summed E-state index contributed by atoms with van der Waals surface area (Å²) < 4.78 is 0. The van der Waals surface area contributed by atoms with Gasteiger partial charge in [-0.05, 0) is 55.5 Å². The minimum absolute atomic E-state index is 0.0211. The van der Waals surface area contributed by atoms with Crippen molar-refractivity contribution >= 4 is 17.2 Å². The molecule has 0 radical (unpaired) electrons. The summed E-state index contributed by atoms with van der Waals surface area (Å²) in [7, 11) is 0. The average molecular weight is 346 g/mol. The summed E-state index contributed by atoms with van der Waals surface area (Å²) >= 11 is 0. The van der Waals surface area contributed by atoms with Gasteiger partial charge < -0.3 is 10.2 Å². The van der Waals surface area contributed by atoms with Crippen LogP contribution in [0.15, 0.2) is 60.2 Å². The topological polar surface area (TPSA) is 32.3 Å². The van der Waals surface area contributed by atoms with Gasteiger partial charge in [0, 0.05) is 24.8 Å². The summed E-state index contributed by atoms with van der Waals surface area (Å²) in [6.07, 6.45) is 2.01. The van der Waals surface area contributed by atoms with Crippen LogP contribution in [0.2, 0.25) is 0 Å². The van der Waals surface area contributed by atoms with Crippen molar-refractivity contribution in [1.29, 1.82) is 0 Å². The van der Waals surface area contributed by atoms with Gasteiger partial charge in [0.1, 0.15) is 0 Å². The van der Waals surface area contributed by atoms with Crippen LogP contribution in [0.5, 0.6) is 0 Å². The maximum absolute atomic E-state index is 12.7. The van der Waals surface area contributed by atoms with E-state index in [9.17, 15) is 4.79 Å². The van der Waals surface area contributed by atoms with Crippen LogP contribution in [0.25, 0.3) is 5.57 Å². The number of hydrogen-bond donors (Lipinski definition) is 1. The van der Waals surface area contributed by atoms with Gasteiger partial charge in [-0.25, -0.2) is 0 Å². The Bertz CT molecular complexity index is 832. The Balaban J connectivity index is 1.31. The predicted octanol–water partition coefficient (Wildman–Crippen LogP) is 4.18. The molecule has 1 saturated heterocycles. The van der Waals surface area contributed by atoms with Gasteiger partial charge >= 0.3 is 0 Å². The normalized spacial score (nSPS) is 20.2. The molecule has 0 saturated carbocycles. The van der Waals surface area contributed by atoms with Gasteiger partial charge in [-0.2, -0.15) is 0 Å². The standard InChI is InChI=1S/C23H26N2O/c1-16-7-6-10-20(15-16)25-13-11-19(12-14-25)24-23(26)22-17(2)21(22)18-8-4-3-5-9-18/h3-10,15,19,22H,11-14H2,1-2H3,(H,24,26)/t22-/m1/s1. The maximum atomic E-state index is 12.7. The Hall–Kier alpha value is -2.55. The summed E-state index contributed by atoms with van der Waals surface area (Å²) in [6, 6.07) is 19.2. The highest BCUT2D eigenvalue weighted by Gasteiger charge is 2.40. The molecule has 1 fully saturated rings. The third kappa shape index (κ3) is 3.39. The van der Waals surface area contributed by atoms with Gasteiger partial charge in [0.25, 0.3) is 0 Å². The highest BCUT2D eigenvalue weighted by molar-refractivity contribution is 6.05. The summed E-state index contributed by atoms with van der Waals surface area (Å²) in [5.41, 5.74) is 6.19. The maximum Gasteiger partial charge on any atom is 0.231 e. The first-order valence-electron chi connectivity index (χ1n) is 9.51. The van der Waals surface area contributed by atoms with E-state index in [4.69, 9.17) is 0 Å². The second-order valence-corrected chi connectivity index (χ2v) is 7.50. The molecule has 0 spiro atoms. The SMILES string of the molecule is CC1=C(c2ccccc2)[C@@H]1C(=O)NC1CCN(c2cccc(C)c2)CC1. The average Bonchev–Trinajstić information content (AvgIpc) is 3.34. The molecule has 0 bridgehead atoms. The van der Waals surface area contributed by atoms with Gasteiger partial charge in [0.15, 0.2) is 0 Å². The highest BCUT2D eigenvalue weighted by atomic mass is 16.2. The van der Waals surface area contributed by atoms with E-state index < -0.39 is 0 Å². The van der Waals surface area contributed by atoms with E-state index in [1.165, 1.54) is 28.0 Å². The quantitative estimate of drug-likeness (QED) is 0.900. The molecule has 134 valence electrons. The van der Waals surface area contributed by atoms with E-state index in [0.717, 1.165) is 25.9 Å². The Kier molecular flexibility index (Phi) is 4.54. The first kappa shape index (κ1) is 16.9. The molecule has 1 heterocycles. The number of carbonyl (C=O) groups excluding carboxylic acids is 1. The number of piperidine rings is 1. The number of amides is 1.